The molecule has 30 heavy (non-hydrogen) atoms. The van der Waals surface area contributed by atoms with Crippen LogP contribution in [0.3, 0.4) is 0 Å². The maximum atomic E-state index is 12.7. The summed E-state index contributed by atoms with van der Waals surface area (Å²) in [7, 11) is -4.02. The second-order valence-electron chi connectivity index (χ2n) is 7.11. The van der Waals surface area contributed by atoms with Crippen LogP contribution >= 0.6 is 11.6 Å². The molecule has 8 nitrogen and oxygen atoms in total. The van der Waals surface area contributed by atoms with Gasteiger partial charge in [0.2, 0.25) is 0 Å². The lowest BCUT2D eigenvalue weighted by Crippen LogP contribution is -2.13. The Kier molecular flexibility index (Phi) is 7.28. The Morgan fingerprint density at radius 2 is 1.70 bits per heavy atom. The second-order valence-corrected chi connectivity index (χ2v) is 9.23. The van der Waals surface area contributed by atoms with Crippen molar-refractivity contribution in [1.29, 1.82) is 0 Å². The molecule has 1 aliphatic carbocycles. The van der Waals surface area contributed by atoms with Crippen molar-refractivity contribution in [2.75, 3.05) is 10.1 Å². The number of sulfonamides is 1. The van der Waals surface area contributed by atoms with Crippen LogP contribution in [0, 0.1) is 10.1 Å². The van der Waals surface area contributed by atoms with Crippen LogP contribution < -0.4 is 10.1 Å². The van der Waals surface area contributed by atoms with E-state index in [1.165, 1.54) is 24.6 Å². The predicted octanol–water partition coefficient (Wildman–Crippen LogP) is 5.56. The van der Waals surface area contributed by atoms with Crippen molar-refractivity contribution in [3.05, 3.63) is 57.6 Å². The van der Waals surface area contributed by atoms with Crippen LogP contribution in [0.25, 0.3) is 0 Å². The van der Waals surface area contributed by atoms with Crippen molar-refractivity contribution >= 4 is 44.4 Å². The van der Waals surface area contributed by atoms with Crippen LogP contribution in [0.2, 0.25) is 5.02 Å². The maximum absolute atomic E-state index is 12.7. The molecule has 0 saturated heterocycles. The molecule has 0 spiro atoms. The van der Waals surface area contributed by atoms with E-state index >= 15 is 0 Å². The van der Waals surface area contributed by atoms with Crippen molar-refractivity contribution in [3.8, 4) is 0 Å². The molecule has 3 rings (SSSR count). The fourth-order valence-electron chi connectivity index (χ4n) is 3.25. The van der Waals surface area contributed by atoms with Gasteiger partial charge in [0.1, 0.15) is 5.69 Å². The van der Waals surface area contributed by atoms with Gasteiger partial charge < -0.3 is 0 Å². The van der Waals surface area contributed by atoms with Gasteiger partial charge in [-0.15, -0.1) is 0 Å². The molecule has 0 bridgehead atoms. The van der Waals surface area contributed by atoms with Gasteiger partial charge in [-0.3, -0.25) is 20.3 Å². The summed E-state index contributed by atoms with van der Waals surface area (Å²) in [6.07, 6.45) is 7.36. The highest BCUT2D eigenvalue weighted by Gasteiger charge is 2.22. The van der Waals surface area contributed by atoms with Crippen molar-refractivity contribution in [2.45, 2.75) is 49.8 Å². The average Bonchev–Trinajstić information content (AvgIpc) is 2.66. The molecule has 1 saturated carbocycles. The molecule has 2 aromatic carbocycles. The van der Waals surface area contributed by atoms with Crippen LogP contribution in [0.15, 0.2) is 52.5 Å². The van der Waals surface area contributed by atoms with E-state index in [0.717, 1.165) is 50.3 Å². The molecule has 1 fully saturated rings. The fourth-order valence-corrected chi connectivity index (χ4v) is 4.51. The van der Waals surface area contributed by atoms with Crippen molar-refractivity contribution in [2.24, 2.45) is 5.10 Å². The fraction of sp³-hybridized carbons (Fsp3) is 0.350. The number of hydrazone groups is 1. The van der Waals surface area contributed by atoms with Crippen molar-refractivity contribution in [3.63, 3.8) is 0 Å². The number of anilines is 2. The van der Waals surface area contributed by atoms with Gasteiger partial charge in [0.15, 0.2) is 0 Å². The number of rotatable bonds is 6. The third-order valence-electron chi connectivity index (χ3n) is 4.82. The summed E-state index contributed by atoms with van der Waals surface area (Å²) in [5, 5.41) is 16.3. The predicted molar refractivity (Wildman–Crippen MR) is 119 cm³/mol. The lowest BCUT2D eigenvalue weighted by atomic mass is 9.99. The Labute approximate surface area is 180 Å². The third kappa shape index (κ3) is 5.93. The Morgan fingerprint density at radius 3 is 2.37 bits per heavy atom. The van der Waals surface area contributed by atoms with Gasteiger partial charge in [0, 0.05) is 16.8 Å². The minimum Gasteiger partial charge on any atom is -0.280 e. The van der Waals surface area contributed by atoms with E-state index < -0.39 is 14.9 Å². The smallest absolute Gasteiger partial charge is 0.280 e. The van der Waals surface area contributed by atoms with Gasteiger partial charge in [0.25, 0.3) is 15.7 Å². The Balaban J connectivity index is 1.83. The van der Waals surface area contributed by atoms with E-state index in [9.17, 15) is 18.5 Å². The number of halogens is 1. The number of nitro groups is 1. The van der Waals surface area contributed by atoms with E-state index in [4.69, 9.17) is 11.6 Å². The summed E-state index contributed by atoms with van der Waals surface area (Å²) < 4.78 is 27.7. The number of nitro benzene ring substituents is 1. The van der Waals surface area contributed by atoms with Gasteiger partial charge in [-0.2, -0.15) is 5.10 Å². The first-order chi connectivity index (χ1) is 14.3. The topological polar surface area (TPSA) is 114 Å². The zero-order valence-electron chi connectivity index (χ0n) is 16.3. The molecule has 0 atom stereocenters. The molecular formula is C20H23ClN4O4S. The van der Waals surface area contributed by atoms with Gasteiger partial charge in [-0.25, -0.2) is 8.42 Å². The minimum atomic E-state index is -4.02. The number of nitrogens with one attached hydrogen (secondary N) is 2. The molecule has 0 unspecified atom stereocenters. The summed E-state index contributed by atoms with van der Waals surface area (Å²) >= 11 is 5.88. The molecular weight excluding hydrogens is 428 g/mol. The zero-order valence-corrected chi connectivity index (χ0v) is 17.9. The first kappa shape index (κ1) is 22.0. The minimum absolute atomic E-state index is 0.149. The molecule has 0 amide bonds. The van der Waals surface area contributed by atoms with Gasteiger partial charge in [0.05, 0.1) is 15.5 Å². The number of hydrogen-bond acceptors (Lipinski definition) is 6. The Morgan fingerprint density at radius 1 is 1.00 bits per heavy atom. The summed E-state index contributed by atoms with van der Waals surface area (Å²) in [6, 6.07) is 9.89. The molecule has 1 aliphatic rings. The van der Waals surface area contributed by atoms with E-state index in [1.54, 1.807) is 18.2 Å². The number of benzene rings is 2. The van der Waals surface area contributed by atoms with Crippen LogP contribution in [0.4, 0.5) is 17.1 Å². The zero-order chi connectivity index (χ0) is 21.6. The van der Waals surface area contributed by atoms with Crippen LogP contribution in [-0.2, 0) is 10.0 Å². The monoisotopic (exact) mass is 450 g/mol. The summed E-state index contributed by atoms with van der Waals surface area (Å²) in [5.74, 6) is 0. The highest BCUT2D eigenvalue weighted by molar-refractivity contribution is 7.92. The Hall–Kier alpha value is -2.65. The molecule has 2 N–H and O–H groups in total. The van der Waals surface area contributed by atoms with E-state index in [-0.39, 0.29) is 22.0 Å². The molecule has 0 aliphatic heterocycles. The normalized spacial score (nSPS) is 15.0. The first-order valence-corrected chi connectivity index (χ1v) is 11.6. The van der Waals surface area contributed by atoms with Gasteiger partial charge >= 0.3 is 0 Å². The summed E-state index contributed by atoms with van der Waals surface area (Å²) in [5.41, 5.74) is 3.79. The van der Waals surface area contributed by atoms with Gasteiger partial charge in [-0.05, 0) is 56.0 Å². The Bertz CT molecular complexity index is 1050. The number of hydrogen-bond donors (Lipinski definition) is 2. The highest BCUT2D eigenvalue weighted by atomic mass is 35.5. The van der Waals surface area contributed by atoms with Crippen molar-refractivity contribution in [1.82, 2.24) is 0 Å². The number of nitrogens with zero attached hydrogens (tertiary/aromatic N) is 2. The average molecular weight is 451 g/mol. The molecule has 0 heterocycles. The highest BCUT2D eigenvalue weighted by Crippen LogP contribution is 2.29. The van der Waals surface area contributed by atoms with E-state index in [2.05, 4.69) is 15.2 Å². The molecule has 0 aromatic heterocycles. The lowest BCUT2D eigenvalue weighted by Gasteiger charge is -2.12. The van der Waals surface area contributed by atoms with Crippen LogP contribution in [0.5, 0.6) is 0 Å². The molecule has 2 aromatic rings. The largest absolute Gasteiger partial charge is 0.295 e. The molecule has 10 heteroatoms. The van der Waals surface area contributed by atoms with Crippen LogP contribution in [0.1, 0.15) is 44.9 Å². The maximum Gasteiger partial charge on any atom is 0.295 e. The van der Waals surface area contributed by atoms with E-state index in [1.807, 2.05) is 0 Å². The van der Waals surface area contributed by atoms with E-state index in [0.29, 0.717) is 5.02 Å². The van der Waals surface area contributed by atoms with Crippen LogP contribution in [-0.4, -0.2) is 19.1 Å². The SMILES string of the molecule is O=[N+]([O-])c1cc(S(=O)(=O)Nc2cccc(Cl)c2)ccc1NN=C1CCCCCCC1. The summed E-state index contributed by atoms with van der Waals surface area (Å²) in [6.45, 7) is 0. The van der Waals surface area contributed by atoms with Crippen molar-refractivity contribution < 1.29 is 13.3 Å². The first-order valence-electron chi connectivity index (χ1n) is 9.73. The standard InChI is InChI=1S/C20H23ClN4O4S/c21-15-7-6-10-17(13-15)24-30(28,29)18-11-12-19(20(14-18)25(26)27)23-22-16-8-4-2-1-3-5-9-16/h6-7,10-14,23-24H,1-5,8-9H2. The third-order valence-corrected chi connectivity index (χ3v) is 6.43. The summed E-state index contributed by atoms with van der Waals surface area (Å²) in [4.78, 5) is 10.7. The quantitative estimate of drug-likeness (QED) is 0.441. The lowest BCUT2D eigenvalue weighted by molar-refractivity contribution is -0.384. The van der Waals surface area contributed by atoms with Gasteiger partial charge in [-0.1, -0.05) is 36.9 Å². The molecule has 160 valence electrons. The molecule has 0 radical (unpaired) electrons. The second kappa shape index (κ2) is 9.90.